The first-order chi connectivity index (χ1) is 14.4. The van der Waals surface area contributed by atoms with E-state index in [1.807, 2.05) is 18.2 Å². The standard InChI is InChI=1S/C21H15BrCl2N2O4/c22-19-9-14(11-25-30-12-15-2-1-3-18(8-15)26(27)28)4-7-21(19)29-13-16-5-6-17(23)10-20(16)24/h1-11H,12-13H2/b25-11-. The highest BCUT2D eigenvalue weighted by Crippen LogP contribution is 2.28. The number of halogens is 3. The Morgan fingerprint density at radius 3 is 2.63 bits per heavy atom. The van der Waals surface area contributed by atoms with Crippen molar-refractivity contribution in [3.63, 3.8) is 0 Å². The minimum Gasteiger partial charge on any atom is -0.488 e. The summed E-state index contributed by atoms with van der Waals surface area (Å²) >= 11 is 15.5. The Hall–Kier alpha value is -2.61. The van der Waals surface area contributed by atoms with Crippen molar-refractivity contribution >= 4 is 51.0 Å². The first-order valence-corrected chi connectivity index (χ1v) is 10.2. The highest BCUT2D eigenvalue weighted by Gasteiger charge is 2.07. The highest BCUT2D eigenvalue weighted by atomic mass is 79.9. The molecule has 0 fully saturated rings. The van der Waals surface area contributed by atoms with Gasteiger partial charge in [-0.3, -0.25) is 10.1 Å². The summed E-state index contributed by atoms with van der Waals surface area (Å²) in [6.45, 7) is 0.427. The third-order valence-corrected chi connectivity index (χ3v) is 5.19. The summed E-state index contributed by atoms with van der Waals surface area (Å²) in [6, 6.07) is 16.9. The molecular formula is C21H15BrCl2N2O4. The van der Waals surface area contributed by atoms with E-state index in [2.05, 4.69) is 21.1 Å². The van der Waals surface area contributed by atoms with Gasteiger partial charge in [-0.2, -0.15) is 0 Å². The summed E-state index contributed by atoms with van der Waals surface area (Å²) in [5.74, 6) is 0.649. The number of non-ortho nitro benzene ring substituents is 1. The van der Waals surface area contributed by atoms with Crippen LogP contribution in [0.25, 0.3) is 0 Å². The van der Waals surface area contributed by atoms with Gasteiger partial charge in [-0.1, -0.05) is 46.6 Å². The lowest BCUT2D eigenvalue weighted by atomic mass is 10.2. The molecule has 0 unspecified atom stereocenters. The Morgan fingerprint density at radius 1 is 1.07 bits per heavy atom. The molecule has 154 valence electrons. The predicted molar refractivity (Wildman–Crippen MR) is 120 cm³/mol. The summed E-state index contributed by atoms with van der Waals surface area (Å²) in [6.07, 6.45) is 1.54. The number of hydrogen-bond donors (Lipinski definition) is 0. The molecule has 0 atom stereocenters. The summed E-state index contributed by atoms with van der Waals surface area (Å²) < 4.78 is 6.55. The highest BCUT2D eigenvalue weighted by molar-refractivity contribution is 9.10. The number of ether oxygens (including phenoxy) is 1. The number of benzene rings is 3. The molecule has 0 aliphatic heterocycles. The third-order valence-electron chi connectivity index (χ3n) is 3.98. The zero-order chi connectivity index (χ0) is 21.5. The fourth-order valence-corrected chi connectivity index (χ4v) is 3.45. The molecule has 0 spiro atoms. The number of nitro benzene ring substituents is 1. The second kappa shape index (κ2) is 10.4. The SMILES string of the molecule is O=[N+]([O-])c1cccc(CO/N=C\c2ccc(OCc3ccc(Cl)cc3Cl)c(Br)c2)c1. The van der Waals surface area contributed by atoms with Crippen molar-refractivity contribution in [2.24, 2.45) is 5.16 Å². The van der Waals surface area contributed by atoms with Gasteiger partial charge in [0.1, 0.15) is 19.0 Å². The average Bonchev–Trinajstić information content (AvgIpc) is 2.72. The molecule has 30 heavy (non-hydrogen) atoms. The molecule has 0 saturated heterocycles. The van der Waals surface area contributed by atoms with Crippen LogP contribution in [0.1, 0.15) is 16.7 Å². The van der Waals surface area contributed by atoms with E-state index in [4.69, 9.17) is 32.8 Å². The van der Waals surface area contributed by atoms with Gasteiger partial charge in [0.15, 0.2) is 0 Å². The molecule has 0 bridgehead atoms. The molecule has 6 nitrogen and oxygen atoms in total. The van der Waals surface area contributed by atoms with Gasteiger partial charge >= 0.3 is 0 Å². The van der Waals surface area contributed by atoms with Gasteiger partial charge in [0.05, 0.1) is 15.6 Å². The first-order valence-electron chi connectivity index (χ1n) is 8.67. The van der Waals surface area contributed by atoms with Gasteiger partial charge < -0.3 is 9.57 Å². The van der Waals surface area contributed by atoms with Crippen LogP contribution in [0.5, 0.6) is 5.75 Å². The van der Waals surface area contributed by atoms with Crippen molar-refractivity contribution in [2.45, 2.75) is 13.2 Å². The van der Waals surface area contributed by atoms with E-state index in [9.17, 15) is 10.1 Å². The van der Waals surface area contributed by atoms with Gasteiger partial charge in [0.25, 0.3) is 5.69 Å². The van der Waals surface area contributed by atoms with Crippen molar-refractivity contribution in [3.05, 3.63) is 102 Å². The summed E-state index contributed by atoms with van der Waals surface area (Å²) in [4.78, 5) is 15.6. The quantitative estimate of drug-likeness (QED) is 0.190. The monoisotopic (exact) mass is 508 g/mol. The molecule has 0 radical (unpaired) electrons. The van der Waals surface area contributed by atoms with Crippen molar-refractivity contribution < 1.29 is 14.5 Å². The predicted octanol–water partition coefficient (Wildman–Crippen LogP) is 6.79. The van der Waals surface area contributed by atoms with Crippen molar-refractivity contribution in [1.29, 1.82) is 0 Å². The van der Waals surface area contributed by atoms with Crippen molar-refractivity contribution in [3.8, 4) is 5.75 Å². The van der Waals surface area contributed by atoms with Crippen molar-refractivity contribution in [1.82, 2.24) is 0 Å². The minimum absolute atomic E-state index is 0.0134. The van der Waals surface area contributed by atoms with Crippen LogP contribution in [-0.2, 0) is 18.1 Å². The molecule has 0 heterocycles. The Balaban J connectivity index is 1.55. The van der Waals surface area contributed by atoms with Gasteiger partial charge in [-0.15, -0.1) is 0 Å². The second-order valence-electron chi connectivity index (χ2n) is 6.15. The second-order valence-corrected chi connectivity index (χ2v) is 7.85. The molecular weight excluding hydrogens is 495 g/mol. The average molecular weight is 510 g/mol. The lowest BCUT2D eigenvalue weighted by molar-refractivity contribution is -0.384. The van der Waals surface area contributed by atoms with E-state index < -0.39 is 4.92 Å². The molecule has 3 aromatic carbocycles. The Morgan fingerprint density at radius 2 is 1.90 bits per heavy atom. The number of nitrogens with zero attached hydrogens (tertiary/aromatic N) is 2. The van der Waals surface area contributed by atoms with Gasteiger partial charge in [0.2, 0.25) is 0 Å². The van der Waals surface area contributed by atoms with Gasteiger partial charge in [0, 0.05) is 27.7 Å². The molecule has 3 aromatic rings. The van der Waals surface area contributed by atoms with E-state index >= 15 is 0 Å². The third kappa shape index (κ3) is 6.19. The minimum atomic E-state index is -0.450. The zero-order valence-corrected chi connectivity index (χ0v) is 18.5. The maximum atomic E-state index is 10.8. The van der Waals surface area contributed by atoms with Crippen LogP contribution in [0.3, 0.4) is 0 Å². The Bertz CT molecular complexity index is 1090. The van der Waals surface area contributed by atoms with Gasteiger partial charge in [-0.05, 0) is 57.4 Å². The van der Waals surface area contributed by atoms with Crippen LogP contribution in [0, 0.1) is 10.1 Å². The topological polar surface area (TPSA) is 74.0 Å². The molecule has 9 heteroatoms. The van der Waals surface area contributed by atoms with Crippen LogP contribution in [0.15, 0.2) is 70.3 Å². The first kappa shape index (κ1) is 22.1. The molecule has 0 aliphatic carbocycles. The van der Waals surface area contributed by atoms with E-state index in [1.165, 1.54) is 12.1 Å². The maximum absolute atomic E-state index is 10.8. The maximum Gasteiger partial charge on any atom is 0.269 e. The van der Waals surface area contributed by atoms with Crippen molar-refractivity contribution in [2.75, 3.05) is 0 Å². The molecule has 0 saturated carbocycles. The van der Waals surface area contributed by atoms with E-state index in [1.54, 1.807) is 36.5 Å². The summed E-state index contributed by atoms with van der Waals surface area (Å²) in [5.41, 5.74) is 2.29. The molecule has 0 amide bonds. The lowest BCUT2D eigenvalue weighted by Crippen LogP contribution is -1.97. The van der Waals surface area contributed by atoms with Crippen LogP contribution in [-0.4, -0.2) is 11.1 Å². The molecule has 0 N–H and O–H groups in total. The fourth-order valence-electron chi connectivity index (χ4n) is 2.48. The Kier molecular flexibility index (Phi) is 7.68. The largest absolute Gasteiger partial charge is 0.488 e. The summed E-state index contributed by atoms with van der Waals surface area (Å²) in [7, 11) is 0. The number of nitro groups is 1. The van der Waals surface area contributed by atoms with Gasteiger partial charge in [-0.25, -0.2) is 0 Å². The normalized spacial score (nSPS) is 10.9. The molecule has 0 aliphatic rings. The van der Waals surface area contributed by atoms with E-state index in [-0.39, 0.29) is 12.3 Å². The lowest BCUT2D eigenvalue weighted by Gasteiger charge is -2.10. The zero-order valence-electron chi connectivity index (χ0n) is 15.4. The molecule has 0 aromatic heterocycles. The number of hydrogen-bond acceptors (Lipinski definition) is 5. The van der Waals surface area contributed by atoms with Crippen LogP contribution < -0.4 is 4.74 Å². The Labute approximate surface area is 191 Å². The van der Waals surface area contributed by atoms with E-state index in [0.29, 0.717) is 28.0 Å². The van der Waals surface area contributed by atoms with Crippen LogP contribution in [0.2, 0.25) is 10.0 Å². The van der Waals surface area contributed by atoms with Crippen LogP contribution >= 0.6 is 39.1 Å². The summed E-state index contributed by atoms with van der Waals surface area (Å²) in [5, 5.41) is 15.8. The fraction of sp³-hybridized carbons (Fsp3) is 0.0952. The van der Waals surface area contributed by atoms with Crippen LogP contribution in [0.4, 0.5) is 5.69 Å². The molecule has 3 rings (SSSR count). The smallest absolute Gasteiger partial charge is 0.269 e. The number of rotatable bonds is 8. The van der Waals surface area contributed by atoms with E-state index in [0.717, 1.165) is 15.6 Å². The number of oxime groups is 1.